The molecular formula is C16H18N2O2. The first kappa shape index (κ1) is 13.1. The fourth-order valence-corrected chi connectivity index (χ4v) is 2.67. The number of morpholine rings is 1. The zero-order valence-corrected chi connectivity index (χ0v) is 11.6. The third kappa shape index (κ3) is 2.51. The molecule has 4 nitrogen and oxygen atoms in total. The molecule has 0 N–H and O–H groups in total. The summed E-state index contributed by atoms with van der Waals surface area (Å²) >= 11 is 0. The Balaban J connectivity index is 1.84. The Morgan fingerprint density at radius 2 is 2.25 bits per heavy atom. The topological polar surface area (TPSA) is 42.4 Å². The van der Waals surface area contributed by atoms with E-state index in [1.54, 1.807) is 6.20 Å². The van der Waals surface area contributed by atoms with Gasteiger partial charge in [-0.25, -0.2) is 0 Å². The molecule has 1 atom stereocenters. The van der Waals surface area contributed by atoms with Crippen LogP contribution in [-0.2, 0) is 16.0 Å². The van der Waals surface area contributed by atoms with Gasteiger partial charge in [0.05, 0.1) is 31.2 Å². The number of fused-ring (bicyclic) bond motifs is 1. The summed E-state index contributed by atoms with van der Waals surface area (Å²) in [5.41, 5.74) is 1.91. The van der Waals surface area contributed by atoms with Crippen LogP contribution in [0.4, 0.5) is 0 Å². The van der Waals surface area contributed by atoms with Crippen molar-refractivity contribution < 1.29 is 9.53 Å². The minimum Gasteiger partial charge on any atom is -0.377 e. The van der Waals surface area contributed by atoms with Gasteiger partial charge in [-0.1, -0.05) is 24.3 Å². The number of hydrogen-bond donors (Lipinski definition) is 0. The van der Waals surface area contributed by atoms with Crippen LogP contribution in [0.15, 0.2) is 36.5 Å². The van der Waals surface area contributed by atoms with Crippen LogP contribution in [0.3, 0.4) is 0 Å². The normalized spacial score (nSPS) is 19.2. The van der Waals surface area contributed by atoms with E-state index >= 15 is 0 Å². The van der Waals surface area contributed by atoms with Crippen LogP contribution in [0.2, 0.25) is 0 Å². The van der Waals surface area contributed by atoms with E-state index in [4.69, 9.17) is 4.74 Å². The molecule has 1 saturated heterocycles. The minimum atomic E-state index is 0.152. The Kier molecular flexibility index (Phi) is 3.65. The Bertz CT molecular complexity index is 621. The SMILES string of the molecule is CC1COCCN1C(=O)Cc1cccc2cccnc12. The number of ether oxygens (including phenoxy) is 1. The molecule has 1 aliphatic heterocycles. The van der Waals surface area contributed by atoms with Crippen molar-refractivity contribution in [2.24, 2.45) is 0 Å². The highest BCUT2D eigenvalue weighted by atomic mass is 16.5. The van der Waals surface area contributed by atoms with Crippen molar-refractivity contribution in [3.63, 3.8) is 0 Å². The molecule has 0 saturated carbocycles. The molecule has 4 heteroatoms. The highest BCUT2D eigenvalue weighted by Gasteiger charge is 2.24. The Labute approximate surface area is 118 Å². The van der Waals surface area contributed by atoms with Crippen LogP contribution in [0, 0.1) is 0 Å². The monoisotopic (exact) mass is 270 g/mol. The molecule has 1 aromatic heterocycles. The number of carbonyl (C=O) groups is 1. The maximum atomic E-state index is 12.5. The number of pyridine rings is 1. The second-order valence-corrected chi connectivity index (χ2v) is 5.18. The molecule has 2 heterocycles. The third-order valence-corrected chi connectivity index (χ3v) is 3.75. The molecular weight excluding hydrogens is 252 g/mol. The van der Waals surface area contributed by atoms with E-state index in [0.29, 0.717) is 26.2 Å². The first-order valence-electron chi connectivity index (χ1n) is 6.95. The number of benzene rings is 1. The van der Waals surface area contributed by atoms with Gasteiger partial charge in [-0.2, -0.15) is 0 Å². The van der Waals surface area contributed by atoms with Crippen LogP contribution in [0.1, 0.15) is 12.5 Å². The maximum absolute atomic E-state index is 12.5. The van der Waals surface area contributed by atoms with Crippen molar-refractivity contribution in [2.75, 3.05) is 19.8 Å². The summed E-state index contributed by atoms with van der Waals surface area (Å²) in [5.74, 6) is 0.152. The molecule has 1 amide bonds. The van der Waals surface area contributed by atoms with Crippen molar-refractivity contribution in [1.29, 1.82) is 0 Å². The summed E-state index contributed by atoms with van der Waals surface area (Å²) in [7, 11) is 0. The second kappa shape index (κ2) is 5.59. The molecule has 0 spiro atoms. The van der Waals surface area contributed by atoms with E-state index in [1.807, 2.05) is 42.2 Å². The summed E-state index contributed by atoms with van der Waals surface area (Å²) < 4.78 is 5.38. The van der Waals surface area contributed by atoms with Gasteiger partial charge in [0.2, 0.25) is 5.91 Å². The lowest BCUT2D eigenvalue weighted by Crippen LogP contribution is -2.47. The average Bonchev–Trinajstić information content (AvgIpc) is 2.48. The first-order chi connectivity index (χ1) is 9.75. The lowest BCUT2D eigenvalue weighted by molar-refractivity contribution is -0.138. The van der Waals surface area contributed by atoms with Gasteiger partial charge >= 0.3 is 0 Å². The van der Waals surface area contributed by atoms with Gasteiger partial charge in [0.15, 0.2) is 0 Å². The maximum Gasteiger partial charge on any atom is 0.227 e. The van der Waals surface area contributed by atoms with E-state index in [9.17, 15) is 4.79 Å². The van der Waals surface area contributed by atoms with Gasteiger partial charge in [0.25, 0.3) is 0 Å². The number of aromatic nitrogens is 1. The largest absolute Gasteiger partial charge is 0.377 e. The molecule has 1 aromatic carbocycles. The summed E-state index contributed by atoms with van der Waals surface area (Å²) in [6.07, 6.45) is 2.17. The number of rotatable bonds is 2. The summed E-state index contributed by atoms with van der Waals surface area (Å²) in [6.45, 7) is 3.96. The molecule has 1 unspecified atom stereocenters. The van der Waals surface area contributed by atoms with E-state index < -0.39 is 0 Å². The molecule has 0 radical (unpaired) electrons. The molecule has 0 bridgehead atoms. The molecule has 20 heavy (non-hydrogen) atoms. The Morgan fingerprint density at radius 3 is 3.10 bits per heavy atom. The van der Waals surface area contributed by atoms with E-state index in [1.165, 1.54) is 0 Å². The number of para-hydroxylation sites is 1. The molecule has 1 fully saturated rings. The van der Waals surface area contributed by atoms with Crippen LogP contribution < -0.4 is 0 Å². The molecule has 3 rings (SSSR count). The van der Waals surface area contributed by atoms with Gasteiger partial charge in [-0.05, 0) is 18.6 Å². The van der Waals surface area contributed by atoms with E-state index in [0.717, 1.165) is 16.5 Å². The predicted molar refractivity (Wildman–Crippen MR) is 77.4 cm³/mol. The molecule has 1 aliphatic rings. The van der Waals surface area contributed by atoms with Gasteiger partial charge < -0.3 is 9.64 Å². The lowest BCUT2D eigenvalue weighted by Gasteiger charge is -2.33. The number of amides is 1. The van der Waals surface area contributed by atoms with Crippen molar-refractivity contribution in [3.8, 4) is 0 Å². The zero-order chi connectivity index (χ0) is 13.9. The minimum absolute atomic E-state index is 0.152. The van der Waals surface area contributed by atoms with Gasteiger partial charge in [-0.3, -0.25) is 9.78 Å². The Morgan fingerprint density at radius 1 is 1.40 bits per heavy atom. The van der Waals surface area contributed by atoms with Crippen molar-refractivity contribution >= 4 is 16.8 Å². The van der Waals surface area contributed by atoms with Crippen molar-refractivity contribution in [1.82, 2.24) is 9.88 Å². The number of hydrogen-bond acceptors (Lipinski definition) is 3. The fourth-order valence-electron chi connectivity index (χ4n) is 2.67. The highest BCUT2D eigenvalue weighted by Crippen LogP contribution is 2.18. The Hall–Kier alpha value is -1.94. The van der Waals surface area contributed by atoms with E-state index in [-0.39, 0.29) is 11.9 Å². The first-order valence-corrected chi connectivity index (χ1v) is 6.95. The summed E-state index contributed by atoms with van der Waals surface area (Å²) in [5, 5.41) is 1.08. The van der Waals surface area contributed by atoms with Crippen LogP contribution in [0.25, 0.3) is 10.9 Å². The highest BCUT2D eigenvalue weighted by molar-refractivity contribution is 5.87. The van der Waals surface area contributed by atoms with Crippen LogP contribution >= 0.6 is 0 Å². The zero-order valence-electron chi connectivity index (χ0n) is 11.6. The third-order valence-electron chi connectivity index (χ3n) is 3.75. The predicted octanol–water partition coefficient (Wildman–Crippen LogP) is 2.02. The van der Waals surface area contributed by atoms with Crippen LogP contribution in [0.5, 0.6) is 0 Å². The summed E-state index contributed by atoms with van der Waals surface area (Å²) in [6, 6.07) is 10.1. The fraction of sp³-hybridized carbons (Fsp3) is 0.375. The second-order valence-electron chi connectivity index (χ2n) is 5.18. The molecule has 2 aromatic rings. The van der Waals surface area contributed by atoms with Crippen LogP contribution in [-0.4, -0.2) is 41.6 Å². The average molecular weight is 270 g/mol. The van der Waals surface area contributed by atoms with Gasteiger partial charge in [0, 0.05) is 18.1 Å². The smallest absolute Gasteiger partial charge is 0.227 e. The standard InChI is InChI=1S/C16H18N2O2/c1-12-11-20-9-8-18(12)15(19)10-14-5-2-4-13-6-3-7-17-16(13)14/h2-7,12H,8-11H2,1H3. The summed E-state index contributed by atoms with van der Waals surface area (Å²) in [4.78, 5) is 18.8. The van der Waals surface area contributed by atoms with Gasteiger partial charge in [-0.15, -0.1) is 0 Å². The van der Waals surface area contributed by atoms with Gasteiger partial charge in [0.1, 0.15) is 0 Å². The lowest BCUT2D eigenvalue weighted by atomic mass is 10.1. The number of carbonyl (C=O) groups excluding carboxylic acids is 1. The van der Waals surface area contributed by atoms with E-state index in [2.05, 4.69) is 4.98 Å². The molecule has 104 valence electrons. The quantitative estimate of drug-likeness (QED) is 0.838. The number of nitrogens with zero attached hydrogens (tertiary/aromatic N) is 2. The van der Waals surface area contributed by atoms with Crippen molar-refractivity contribution in [2.45, 2.75) is 19.4 Å². The van der Waals surface area contributed by atoms with Crippen molar-refractivity contribution in [3.05, 3.63) is 42.1 Å². The molecule has 0 aliphatic carbocycles.